The molecule has 54 heavy (non-hydrogen) atoms. The van der Waals surface area contributed by atoms with Crippen LogP contribution in [0.3, 0.4) is 0 Å². The minimum absolute atomic E-state index is 0.178. The maximum Gasteiger partial charge on any atom is 0.256 e. The van der Waals surface area contributed by atoms with Crippen molar-refractivity contribution in [2.24, 2.45) is 5.11 Å². The number of nitrogens with one attached hydrogen (secondary N) is 2. The molecule has 0 bridgehead atoms. The van der Waals surface area contributed by atoms with Gasteiger partial charge >= 0.3 is 0 Å². The summed E-state index contributed by atoms with van der Waals surface area (Å²) in [4.78, 5) is 28.9. The summed E-state index contributed by atoms with van der Waals surface area (Å²) < 4.78 is 34.5. The first-order valence-corrected chi connectivity index (χ1v) is 17.3. The molecule has 1 unspecified atom stereocenters. The lowest BCUT2D eigenvalue weighted by Gasteiger charge is -2.39. The van der Waals surface area contributed by atoms with Gasteiger partial charge in [0.15, 0.2) is 11.7 Å². The zero-order valence-electron chi connectivity index (χ0n) is 29.1. The molecule has 0 radical (unpaired) electrons. The van der Waals surface area contributed by atoms with Gasteiger partial charge in [0.25, 0.3) is 11.8 Å². The van der Waals surface area contributed by atoms with Crippen LogP contribution >= 0.6 is 0 Å². The first-order chi connectivity index (χ1) is 26.2. The highest BCUT2D eigenvalue weighted by Crippen LogP contribution is 2.56. The van der Waals surface area contributed by atoms with E-state index in [1.54, 1.807) is 42.5 Å². The van der Waals surface area contributed by atoms with Crippen LogP contribution in [0.15, 0.2) is 59.7 Å². The number of nitrogens with two attached hydrogens (primary N) is 1. The van der Waals surface area contributed by atoms with Gasteiger partial charge in [-0.2, -0.15) is 0 Å². The highest BCUT2D eigenvalue weighted by Gasteiger charge is 2.50. The van der Waals surface area contributed by atoms with E-state index < -0.39 is 48.6 Å². The Hall–Kier alpha value is -4.85. The number of hydrogen-bond acceptors (Lipinski definition) is 14. The van der Waals surface area contributed by atoms with Gasteiger partial charge in [-0.05, 0) is 53.1 Å². The number of carbonyl (C=O) groups excluding carboxylic acids is 2. The fourth-order valence-electron chi connectivity index (χ4n) is 6.62. The lowest BCUT2D eigenvalue weighted by molar-refractivity contribution is -0.224. The highest BCUT2D eigenvalue weighted by atomic mass is 16.6. The SMILES string of the molecule is [N-]=[N+]=NCCOCCOCCOCCNC(=O)c1ccc2c(c1)COC21c2ccc(N)cc2Oc2cc(NC(=O)[C@@H]3O[C@H](CO)[C@H](O)[C@H](O)[C@H]3O)ccc21. The average Bonchev–Trinajstić information content (AvgIpc) is 3.54. The number of ether oxygens (including phenoxy) is 6. The van der Waals surface area contributed by atoms with Crippen LogP contribution in [0.25, 0.3) is 10.4 Å². The maximum absolute atomic E-state index is 13.2. The fourth-order valence-corrected chi connectivity index (χ4v) is 6.62. The van der Waals surface area contributed by atoms with Crippen molar-refractivity contribution in [3.05, 3.63) is 92.9 Å². The number of nitrogen functional groups attached to an aromatic ring is 1. The molecule has 3 heterocycles. The van der Waals surface area contributed by atoms with Gasteiger partial charge in [-0.3, -0.25) is 9.59 Å². The summed E-state index contributed by atoms with van der Waals surface area (Å²) in [5, 5.41) is 49.1. The van der Waals surface area contributed by atoms with Crippen molar-refractivity contribution in [3.63, 3.8) is 0 Å². The fraction of sp³-hybridized carbons (Fsp3) is 0.444. The first kappa shape index (κ1) is 38.9. The Morgan fingerprint density at radius 1 is 0.889 bits per heavy atom. The number of aliphatic hydroxyl groups excluding tert-OH is 4. The number of anilines is 2. The lowest BCUT2D eigenvalue weighted by atomic mass is 9.77. The number of aliphatic hydroxyl groups is 4. The van der Waals surface area contributed by atoms with Crippen LogP contribution in [0.5, 0.6) is 11.5 Å². The summed E-state index contributed by atoms with van der Waals surface area (Å²) >= 11 is 0. The van der Waals surface area contributed by atoms with Crippen molar-refractivity contribution < 1.29 is 58.4 Å². The van der Waals surface area contributed by atoms with E-state index in [-0.39, 0.29) is 37.9 Å². The molecule has 0 saturated carbocycles. The van der Waals surface area contributed by atoms with E-state index in [0.29, 0.717) is 66.9 Å². The molecule has 3 aliphatic heterocycles. The largest absolute Gasteiger partial charge is 0.456 e. The molecule has 3 aromatic carbocycles. The van der Waals surface area contributed by atoms with Crippen LogP contribution in [0.4, 0.5) is 11.4 Å². The second kappa shape index (κ2) is 17.5. The molecular formula is C36H42N6O12. The minimum atomic E-state index is -1.75. The molecule has 2 amide bonds. The summed E-state index contributed by atoms with van der Waals surface area (Å²) in [7, 11) is 0. The van der Waals surface area contributed by atoms with Gasteiger partial charge in [0, 0.05) is 58.2 Å². The molecule has 0 aromatic heterocycles. The predicted molar refractivity (Wildman–Crippen MR) is 190 cm³/mol. The van der Waals surface area contributed by atoms with E-state index in [0.717, 1.165) is 11.1 Å². The number of rotatable bonds is 16. The van der Waals surface area contributed by atoms with E-state index in [9.17, 15) is 30.0 Å². The van der Waals surface area contributed by atoms with Crippen molar-refractivity contribution in [2.45, 2.75) is 42.7 Å². The Bertz CT molecular complexity index is 1870. The van der Waals surface area contributed by atoms with Gasteiger partial charge < -0.3 is 65.2 Å². The summed E-state index contributed by atoms with van der Waals surface area (Å²) in [6.45, 7) is 2.15. The van der Waals surface area contributed by atoms with Gasteiger partial charge in [-0.15, -0.1) is 0 Å². The number of benzene rings is 3. The van der Waals surface area contributed by atoms with Crippen molar-refractivity contribution in [1.29, 1.82) is 0 Å². The molecule has 6 rings (SSSR count). The standard InChI is InChI=1S/C36H42N6O12/c37-22-2-5-25-27(16-22)53-28-17-23(41-35(48)33-32(46)31(45)30(44)29(18-43)54-33)3-6-26(28)36(25)24-4-1-20(15-21(24)19-52-36)34(47)39-7-9-49-11-13-51-14-12-50-10-8-40-42-38/h1-6,15-17,29-33,43-46H,7-14,18-19,37H2,(H,39,47)(H,41,48)/t29-,30+,31+,32-,33-,36?/m1/s1. The summed E-state index contributed by atoms with van der Waals surface area (Å²) in [5.41, 5.74) is 17.3. The van der Waals surface area contributed by atoms with Crippen LogP contribution in [0, 0.1) is 0 Å². The lowest BCUT2D eigenvalue weighted by Crippen LogP contribution is -2.61. The van der Waals surface area contributed by atoms with E-state index in [2.05, 4.69) is 20.7 Å². The Morgan fingerprint density at radius 3 is 2.31 bits per heavy atom. The maximum atomic E-state index is 13.2. The number of nitrogens with zero attached hydrogens (tertiary/aromatic N) is 3. The summed E-state index contributed by atoms with van der Waals surface area (Å²) in [6.07, 6.45) is -7.88. The molecule has 3 aromatic rings. The summed E-state index contributed by atoms with van der Waals surface area (Å²) in [6, 6.07) is 15.5. The van der Waals surface area contributed by atoms with Crippen LogP contribution in [0.2, 0.25) is 0 Å². The molecule has 288 valence electrons. The van der Waals surface area contributed by atoms with Crippen molar-refractivity contribution >= 4 is 23.2 Å². The highest BCUT2D eigenvalue weighted by molar-refractivity contribution is 5.95. The van der Waals surface area contributed by atoms with Crippen molar-refractivity contribution in [1.82, 2.24) is 5.32 Å². The van der Waals surface area contributed by atoms with Crippen molar-refractivity contribution in [3.8, 4) is 11.5 Å². The summed E-state index contributed by atoms with van der Waals surface area (Å²) in [5.74, 6) is -0.322. The zero-order chi connectivity index (χ0) is 38.2. The van der Waals surface area contributed by atoms with Gasteiger partial charge in [-0.25, -0.2) is 0 Å². The van der Waals surface area contributed by atoms with Gasteiger partial charge in [0.05, 0.1) is 52.9 Å². The van der Waals surface area contributed by atoms with Gasteiger partial charge in [0.2, 0.25) is 0 Å². The number of fused-ring (bicyclic) bond motifs is 6. The minimum Gasteiger partial charge on any atom is -0.456 e. The van der Waals surface area contributed by atoms with E-state index in [1.165, 1.54) is 0 Å². The van der Waals surface area contributed by atoms with Crippen LogP contribution in [0.1, 0.15) is 32.6 Å². The molecule has 6 atom stereocenters. The second-order valence-corrected chi connectivity index (χ2v) is 12.7. The third-order valence-electron chi connectivity index (χ3n) is 9.25. The molecule has 1 saturated heterocycles. The number of amides is 2. The van der Waals surface area contributed by atoms with Gasteiger partial charge in [-0.1, -0.05) is 11.2 Å². The third-order valence-corrected chi connectivity index (χ3v) is 9.25. The molecular weight excluding hydrogens is 708 g/mol. The van der Waals surface area contributed by atoms with E-state index in [4.69, 9.17) is 39.7 Å². The molecule has 0 aliphatic carbocycles. The Morgan fingerprint density at radius 2 is 1.57 bits per heavy atom. The Labute approximate surface area is 309 Å². The predicted octanol–water partition coefficient (Wildman–Crippen LogP) is 1.07. The molecule has 3 aliphatic rings. The molecule has 1 fully saturated rings. The molecule has 8 N–H and O–H groups in total. The van der Waals surface area contributed by atoms with Gasteiger partial charge in [0.1, 0.15) is 35.9 Å². The van der Waals surface area contributed by atoms with Crippen LogP contribution < -0.4 is 21.1 Å². The third kappa shape index (κ3) is 8.13. The molecule has 18 nitrogen and oxygen atoms in total. The zero-order valence-corrected chi connectivity index (χ0v) is 29.1. The number of carbonyl (C=O) groups is 2. The smallest absolute Gasteiger partial charge is 0.256 e. The van der Waals surface area contributed by atoms with E-state index >= 15 is 0 Å². The number of azide groups is 1. The number of hydrogen-bond donors (Lipinski definition) is 7. The van der Waals surface area contributed by atoms with Crippen LogP contribution in [-0.2, 0) is 40.7 Å². The van der Waals surface area contributed by atoms with Crippen molar-refractivity contribution in [2.75, 3.05) is 70.4 Å². The average molecular weight is 751 g/mol. The monoisotopic (exact) mass is 750 g/mol. The Balaban J connectivity index is 1.11. The molecule has 1 spiro atoms. The Kier molecular flexibility index (Phi) is 12.6. The first-order valence-electron chi connectivity index (χ1n) is 17.3. The normalized spacial score (nSPS) is 23.7. The molecule has 18 heteroatoms. The second-order valence-electron chi connectivity index (χ2n) is 12.7. The topological polar surface area (TPSA) is 269 Å². The quantitative estimate of drug-likeness (QED) is 0.0355. The van der Waals surface area contributed by atoms with E-state index in [1.807, 2.05) is 12.1 Å². The van der Waals surface area contributed by atoms with Crippen LogP contribution in [-0.4, -0.2) is 122 Å².